The zero-order chi connectivity index (χ0) is 18.6. The number of ether oxygens (including phenoxy) is 1. The van der Waals surface area contributed by atoms with Crippen LogP contribution in [0.3, 0.4) is 0 Å². The summed E-state index contributed by atoms with van der Waals surface area (Å²) >= 11 is 0. The van der Waals surface area contributed by atoms with Crippen LogP contribution in [0.2, 0.25) is 0 Å². The third-order valence-corrected chi connectivity index (χ3v) is 3.91. The second-order valence-corrected chi connectivity index (χ2v) is 5.73. The van der Waals surface area contributed by atoms with Gasteiger partial charge in [-0.25, -0.2) is 9.97 Å². The van der Waals surface area contributed by atoms with Crippen molar-refractivity contribution in [3.05, 3.63) is 48.3 Å². The van der Waals surface area contributed by atoms with Gasteiger partial charge in [0, 0.05) is 38.6 Å². The number of hydrogen-bond donors (Lipinski definition) is 0. The molecule has 0 N–H and O–H groups in total. The van der Waals surface area contributed by atoms with Gasteiger partial charge in [-0.05, 0) is 24.3 Å². The van der Waals surface area contributed by atoms with Crippen molar-refractivity contribution in [1.82, 2.24) is 14.9 Å². The number of carbonyl (C=O) groups is 1. The maximum absolute atomic E-state index is 12.7. The quantitative estimate of drug-likeness (QED) is 0.832. The highest BCUT2D eigenvalue weighted by Gasteiger charge is 2.30. The van der Waals surface area contributed by atoms with Crippen LogP contribution in [-0.2, 0) is 0 Å². The molecule has 1 aliphatic heterocycles. The number of halogens is 3. The summed E-state index contributed by atoms with van der Waals surface area (Å²) in [7, 11) is 0. The summed E-state index contributed by atoms with van der Waals surface area (Å²) in [6, 6.07) is 8.53. The first-order chi connectivity index (χ1) is 12.4. The van der Waals surface area contributed by atoms with Crippen LogP contribution in [0.25, 0.3) is 0 Å². The van der Waals surface area contributed by atoms with Crippen LogP contribution >= 0.6 is 0 Å². The highest BCUT2D eigenvalue weighted by Crippen LogP contribution is 2.22. The van der Waals surface area contributed by atoms with Gasteiger partial charge in [0.15, 0.2) is 6.61 Å². The minimum absolute atomic E-state index is 0.0306. The van der Waals surface area contributed by atoms with Crippen LogP contribution < -0.4 is 9.64 Å². The number of hydrogen-bond acceptors (Lipinski definition) is 5. The molecule has 0 spiro atoms. The lowest BCUT2D eigenvalue weighted by Crippen LogP contribution is -2.49. The molecule has 9 heteroatoms. The maximum Gasteiger partial charge on any atom is 0.422 e. The predicted molar refractivity (Wildman–Crippen MR) is 88.1 cm³/mol. The van der Waals surface area contributed by atoms with Gasteiger partial charge < -0.3 is 14.5 Å². The van der Waals surface area contributed by atoms with E-state index in [0.717, 1.165) is 5.82 Å². The van der Waals surface area contributed by atoms with Gasteiger partial charge in [-0.1, -0.05) is 6.07 Å². The highest BCUT2D eigenvalue weighted by molar-refractivity contribution is 5.96. The van der Waals surface area contributed by atoms with Crippen molar-refractivity contribution in [1.29, 1.82) is 0 Å². The van der Waals surface area contributed by atoms with E-state index in [2.05, 4.69) is 9.97 Å². The van der Waals surface area contributed by atoms with Crippen molar-refractivity contribution in [2.45, 2.75) is 6.18 Å². The first-order valence-electron chi connectivity index (χ1n) is 8.04. The lowest BCUT2D eigenvalue weighted by molar-refractivity contribution is -0.154. The number of anilines is 1. The van der Waals surface area contributed by atoms with Gasteiger partial charge in [0.25, 0.3) is 5.91 Å². The van der Waals surface area contributed by atoms with Gasteiger partial charge in [-0.3, -0.25) is 4.79 Å². The largest absolute Gasteiger partial charge is 0.467 e. The second-order valence-electron chi connectivity index (χ2n) is 5.73. The normalized spacial score (nSPS) is 15.0. The molecule has 0 bridgehead atoms. The third kappa shape index (κ3) is 4.41. The summed E-state index contributed by atoms with van der Waals surface area (Å²) in [6.07, 6.45) is -1.50. The Labute approximate surface area is 148 Å². The molecule has 0 atom stereocenters. The minimum atomic E-state index is -4.49. The fourth-order valence-corrected chi connectivity index (χ4v) is 2.67. The molecule has 1 aliphatic rings. The van der Waals surface area contributed by atoms with Crippen LogP contribution in [0.15, 0.2) is 42.7 Å². The molecule has 0 unspecified atom stereocenters. The molecule has 1 amide bonds. The van der Waals surface area contributed by atoms with E-state index in [-0.39, 0.29) is 11.4 Å². The molecule has 3 rings (SSSR count). The van der Waals surface area contributed by atoms with E-state index in [4.69, 9.17) is 4.74 Å². The summed E-state index contributed by atoms with van der Waals surface area (Å²) < 4.78 is 41.8. The summed E-state index contributed by atoms with van der Waals surface area (Å²) in [4.78, 5) is 24.4. The van der Waals surface area contributed by atoms with Crippen molar-refractivity contribution in [2.24, 2.45) is 0 Å². The zero-order valence-corrected chi connectivity index (χ0v) is 13.8. The Morgan fingerprint density at radius 2 is 1.77 bits per heavy atom. The predicted octanol–water partition coefficient (Wildman–Crippen LogP) is 2.38. The van der Waals surface area contributed by atoms with E-state index < -0.39 is 18.7 Å². The SMILES string of the molecule is O=C(c1cccnc1OCC(F)(F)F)N1CCN(c2ccccn2)CC1. The average Bonchev–Trinajstić information content (AvgIpc) is 2.66. The van der Waals surface area contributed by atoms with Crippen molar-refractivity contribution in [3.8, 4) is 5.88 Å². The topological polar surface area (TPSA) is 58.6 Å². The van der Waals surface area contributed by atoms with Gasteiger partial charge in [0.1, 0.15) is 11.4 Å². The molecule has 0 saturated carbocycles. The number of pyridine rings is 2. The van der Waals surface area contributed by atoms with Crippen molar-refractivity contribution < 1.29 is 22.7 Å². The molecular weight excluding hydrogens is 349 g/mol. The van der Waals surface area contributed by atoms with E-state index in [0.29, 0.717) is 26.2 Å². The third-order valence-electron chi connectivity index (χ3n) is 3.91. The number of amides is 1. The van der Waals surface area contributed by atoms with Crippen molar-refractivity contribution in [2.75, 3.05) is 37.7 Å². The number of piperazine rings is 1. The molecular formula is C17H17F3N4O2. The number of carbonyl (C=O) groups excluding carboxylic acids is 1. The number of rotatable bonds is 4. The Balaban J connectivity index is 1.65. The van der Waals surface area contributed by atoms with E-state index in [1.807, 2.05) is 23.1 Å². The lowest BCUT2D eigenvalue weighted by Gasteiger charge is -2.35. The smallest absolute Gasteiger partial charge is 0.422 e. The number of nitrogens with zero attached hydrogens (tertiary/aromatic N) is 4. The maximum atomic E-state index is 12.7. The molecule has 2 aromatic rings. The Kier molecular flexibility index (Phi) is 5.24. The highest BCUT2D eigenvalue weighted by atomic mass is 19.4. The van der Waals surface area contributed by atoms with Crippen molar-refractivity contribution in [3.63, 3.8) is 0 Å². The van der Waals surface area contributed by atoms with E-state index in [9.17, 15) is 18.0 Å². The molecule has 0 aliphatic carbocycles. The van der Waals surface area contributed by atoms with Gasteiger partial charge in [-0.2, -0.15) is 13.2 Å². The zero-order valence-electron chi connectivity index (χ0n) is 13.8. The standard InChI is InChI=1S/C17H17F3N4O2/c18-17(19,20)12-26-15-13(4-3-7-22-15)16(25)24-10-8-23(9-11-24)14-5-1-2-6-21-14/h1-7H,8-12H2. The second kappa shape index (κ2) is 7.59. The van der Waals surface area contributed by atoms with E-state index in [1.54, 1.807) is 11.1 Å². The van der Waals surface area contributed by atoms with Crippen molar-refractivity contribution >= 4 is 11.7 Å². The molecule has 6 nitrogen and oxygen atoms in total. The summed E-state index contributed by atoms with van der Waals surface area (Å²) in [5.41, 5.74) is 0.0306. The van der Waals surface area contributed by atoms with Gasteiger partial charge >= 0.3 is 6.18 Å². The van der Waals surface area contributed by atoms with E-state index >= 15 is 0 Å². The first-order valence-corrected chi connectivity index (χ1v) is 8.04. The summed E-state index contributed by atoms with van der Waals surface area (Å²) in [5.74, 6) is 0.133. The average molecular weight is 366 g/mol. The Morgan fingerprint density at radius 1 is 1.04 bits per heavy atom. The van der Waals surface area contributed by atoms with Crippen LogP contribution in [-0.4, -0.2) is 59.7 Å². The molecule has 138 valence electrons. The molecule has 2 aromatic heterocycles. The van der Waals surface area contributed by atoms with Crippen LogP contribution in [0.4, 0.5) is 19.0 Å². The van der Waals surface area contributed by atoms with E-state index in [1.165, 1.54) is 18.3 Å². The molecule has 3 heterocycles. The summed E-state index contributed by atoms with van der Waals surface area (Å²) in [6.45, 7) is 0.549. The Morgan fingerprint density at radius 3 is 2.42 bits per heavy atom. The Bertz CT molecular complexity index is 747. The lowest BCUT2D eigenvalue weighted by atomic mass is 10.2. The monoisotopic (exact) mass is 366 g/mol. The Hall–Kier alpha value is -2.84. The molecule has 26 heavy (non-hydrogen) atoms. The fraction of sp³-hybridized carbons (Fsp3) is 0.353. The van der Waals surface area contributed by atoms with Gasteiger partial charge in [0.2, 0.25) is 5.88 Å². The molecule has 0 aromatic carbocycles. The van der Waals surface area contributed by atoms with Crippen LogP contribution in [0, 0.1) is 0 Å². The van der Waals surface area contributed by atoms with Gasteiger partial charge in [-0.15, -0.1) is 0 Å². The molecule has 0 radical (unpaired) electrons. The molecule has 1 saturated heterocycles. The van der Waals surface area contributed by atoms with Crippen LogP contribution in [0.1, 0.15) is 10.4 Å². The first kappa shape index (κ1) is 18.0. The van der Waals surface area contributed by atoms with Gasteiger partial charge in [0.05, 0.1) is 0 Å². The van der Waals surface area contributed by atoms with Crippen LogP contribution in [0.5, 0.6) is 5.88 Å². The summed E-state index contributed by atoms with van der Waals surface area (Å²) in [5, 5.41) is 0. The number of alkyl halides is 3. The minimum Gasteiger partial charge on any atom is -0.467 e. The molecule has 1 fully saturated rings. The fourth-order valence-electron chi connectivity index (χ4n) is 2.67. The number of aromatic nitrogens is 2.